The Balaban J connectivity index is 0.00000180. The highest BCUT2D eigenvalue weighted by Crippen LogP contribution is 2.20. The van der Waals surface area contributed by atoms with Crippen LogP contribution in [0.1, 0.15) is 24.2 Å². The van der Waals surface area contributed by atoms with Gasteiger partial charge in [-0.05, 0) is 32.0 Å². The molecule has 2 atom stereocenters. The number of nitrogens with one attached hydrogen (secondary N) is 1. The summed E-state index contributed by atoms with van der Waals surface area (Å²) < 4.78 is 14.4. The molecule has 1 heterocycles. The van der Waals surface area contributed by atoms with Gasteiger partial charge in [0.1, 0.15) is 5.82 Å². The van der Waals surface area contributed by atoms with Crippen LogP contribution in [0.15, 0.2) is 22.7 Å². The number of hydrogen-bond acceptors (Lipinski definition) is 2. The molecule has 1 aromatic rings. The van der Waals surface area contributed by atoms with Crippen LogP contribution in [-0.4, -0.2) is 36.0 Å². The van der Waals surface area contributed by atoms with E-state index in [-0.39, 0.29) is 36.0 Å². The maximum Gasteiger partial charge on any atom is 0.257 e. The quantitative estimate of drug-likeness (QED) is 0.844. The predicted molar refractivity (Wildman–Crippen MR) is 79.3 cm³/mol. The lowest BCUT2D eigenvalue weighted by molar-refractivity contribution is 0.0598. The van der Waals surface area contributed by atoms with Crippen molar-refractivity contribution in [3.63, 3.8) is 0 Å². The third kappa shape index (κ3) is 3.46. The molecule has 1 fully saturated rings. The normalized spacial score (nSPS) is 22.8. The zero-order chi connectivity index (χ0) is 13.3. The summed E-state index contributed by atoms with van der Waals surface area (Å²) in [6.45, 7) is 5.36. The lowest BCUT2D eigenvalue weighted by atomic mass is 10.1. The first-order chi connectivity index (χ1) is 8.50. The summed E-state index contributed by atoms with van der Waals surface area (Å²) in [7, 11) is 0. The number of carbonyl (C=O) groups excluding carboxylic acids is 1. The van der Waals surface area contributed by atoms with Gasteiger partial charge in [-0.15, -0.1) is 12.4 Å². The molecule has 1 N–H and O–H groups in total. The van der Waals surface area contributed by atoms with Crippen LogP contribution in [0.25, 0.3) is 0 Å². The first kappa shape index (κ1) is 16.4. The van der Waals surface area contributed by atoms with Crippen molar-refractivity contribution < 1.29 is 9.18 Å². The second kappa shape index (κ2) is 6.68. The van der Waals surface area contributed by atoms with Crippen molar-refractivity contribution in [2.24, 2.45) is 0 Å². The fourth-order valence-electron chi connectivity index (χ4n) is 2.16. The molecule has 0 aromatic heterocycles. The molecule has 6 heteroatoms. The van der Waals surface area contributed by atoms with Crippen molar-refractivity contribution in [1.82, 2.24) is 10.2 Å². The molecule has 1 amide bonds. The summed E-state index contributed by atoms with van der Waals surface area (Å²) >= 11 is 3.27. The molecule has 106 valence electrons. The van der Waals surface area contributed by atoms with Crippen molar-refractivity contribution in [1.29, 1.82) is 0 Å². The Hall–Kier alpha value is -0.650. The molecule has 3 nitrogen and oxygen atoms in total. The number of carbonyl (C=O) groups is 1. The second-order valence-electron chi connectivity index (χ2n) is 4.61. The number of hydrogen-bond donors (Lipinski definition) is 1. The summed E-state index contributed by atoms with van der Waals surface area (Å²) in [5.74, 6) is -0.712. The minimum atomic E-state index is -0.471. The molecule has 0 saturated carbocycles. The Morgan fingerprint density at radius 2 is 2.16 bits per heavy atom. The monoisotopic (exact) mass is 350 g/mol. The summed E-state index contributed by atoms with van der Waals surface area (Å²) in [6.07, 6.45) is 0. The molecule has 2 unspecified atom stereocenters. The molecule has 1 aliphatic heterocycles. The third-order valence-corrected chi connectivity index (χ3v) is 3.95. The van der Waals surface area contributed by atoms with E-state index in [9.17, 15) is 9.18 Å². The van der Waals surface area contributed by atoms with Gasteiger partial charge < -0.3 is 10.2 Å². The summed E-state index contributed by atoms with van der Waals surface area (Å²) in [4.78, 5) is 14.1. The van der Waals surface area contributed by atoms with Gasteiger partial charge in [0.05, 0.1) is 5.56 Å². The van der Waals surface area contributed by atoms with Gasteiger partial charge in [-0.25, -0.2) is 4.39 Å². The van der Waals surface area contributed by atoms with Gasteiger partial charge in [0.2, 0.25) is 0 Å². The van der Waals surface area contributed by atoms with Crippen molar-refractivity contribution >= 4 is 34.2 Å². The zero-order valence-electron chi connectivity index (χ0n) is 10.8. The van der Waals surface area contributed by atoms with Gasteiger partial charge in [-0.2, -0.15) is 0 Å². The van der Waals surface area contributed by atoms with Crippen LogP contribution in [0, 0.1) is 5.82 Å². The van der Waals surface area contributed by atoms with Gasteiger partial charge >= 0.3 is 0 Å². The number of rotatable bonds is 1. The topological polar surface area (TPSA) is 32.3 Å². The molecule has 1 aromatic carbocycles. The standard InChI is InChI=1S/C13H16BrFN2O.ClH/c1-8-9(2)17(6-5-16-8)13(18)11-7-10(14)3-4-12(11)15;/h3-4,7-9,16H,5-6H2,1-2H3;1H. The van der Waals surface area contributed by atoms with Crippen LogP contribution in [0.3, 0.4) is 0 Å². The van der Waals surface area contributed by atoms with Crippen LogP contribution >= 0.6 is 28.3 Å². The van der Waals surface area contributed by atoms with E-state index in [1.165, 1.54) is 12.1 Å². The van der Waals surface area contributed by atoms with E-state index >= 15 is 0 Å². The second-order valence-corrected chi connectivity index (χ2v) is 5.52. The summed E-state index contributed by atoms with van der Waals surface area (Å²) in [5, 5.41) is 3.30. The number of benzene rings is 1. The molecule has 19 heavy (non-hydrogen) atoms. The SMILES string of the molecule is CC1NCCN(C(=O)c2cc(Br)ccc2F)C1C.Cl. The largest absolute Gasteiger partial charge is 0.333 e. The maximum absolute atomic E-state index is 13.7. The van der Waals surface area contributed by atoms with Gasteiger partial charge in [0, 0.05) is 29.6 Å². The minimum Gasteiger partial charge on any atom is -0.333 e. The lowest BCUT2D eigenvalue weighted by Gasteiger charge is -2.38. The number of amides is 1. The van der Waals surface area contributed by atoms with Gasteiger partial charge in [-0.3, -0.25) is 4.79 Å². The first-order valence-electron chi connectivity index (χ1n) is 6.00. The number of halogens is 3. The molecule has 1 aliphatic rings. The van der Waals surface area contributed by atoms with Crippen LogP contribution in [0.4, 0.5) is 4.39 Å². The van der Waals surface area contributed by atoms with E-state index < -0.39 is 5.82 Å². The van der Waals surface area contributed by atoms with Gasteiger partial charge in [0.15, 0.2) is 0 Å². The first-order valence-corrected chi connectivity index (χ1v) is 6.79. The van der Waals surface area contributed by atoms with Crippen molar-refractivity contribution in [2.75, 3.05) is 13.1 Å². The molecule has 0 bridgehead atoms. The van der Waals surface area contributed by atoms with Gasteiger partial charge in [-0.1, -0.05) is 15.9 Å². The molecule has 0 spiro atoms. The van der Waals surface area contributed by atoms with E-state index in [2.05, 4.69) is 21.2 Å². The van der Waals surface area contributed by atoms with E-state index in [0.717, 1.165) is 6.54 Å². The Morgan fingerprint density at radius 3 is 2.84 bits per heavy atom. The van der Waals surface area contributed by atoms with E-state index in [4.69, 9.17) is 0 Å². The summed E-state index contributed by atoms with van der Waals surface area (Å²) in [5.41, 5.74) is 0.130. The average Bonchev–Trinajstić information content (AvgIpc) is 2.35. The molecule has 2 rings (SSSR count). The highest BCUT2D eigenvalue weighted by Gasteiger charge is 2.29. The molecule has 0 aliphatic carbocycles. The fourth-order valence-corrected chi connectivity index (χ4v) is 2.52. The van der Waals surface area contributed by atoms with E-state index in [1.54, 1.807) is 11.0 Å². The highest BCUT2D eigenvalue weighted by molar-refractivity contribution is 9.10. The highest BCUT2D eigenvalue weighted by atomic mass is 79.9. The Kier molecular flexibility index (Phi) is 5.77. The Bertz CT molecular complexity index is 472. The number of piperazine rings is 1. The van der Waals surface area contributed by atoms with Crippen molar-refractivity contribution in [2.45, 2.75) is 25.9 Å². The lowest BCUT2D eigenvalue weighted by Crippen LogP contribution is -2.57. The van der Waals surface area contributed by atoms with Gasteiger partial charge in [0.25, 0.3) is 5.91 Å². The molecule has 0 radical (unpaired) electrons. The molecular formula is C13H17BrClFN2O. The van der Waals surface area contributed by atoms with E-state index in [0.29, 0.717) is 11.0 Å². The van der Waals surface area contributed by atoms with Crippen LogP contribution in [0.5, 0.6) is 0 Å². The smallest absolute Gasteiger partial charge is 0.257 e. The van der Waals surface area contributed by atoms with Crippen LogP contribution < -0.4 is 5.32 Å². The Morgan fingerprint density at radius 1 is 1.47 bits per heavy atom. The average molecular weight is 352 g/mol. The maximum atomic E-state index is 13.7. The molecule has 1 saturated heterocycles. The van der Waals surface area contributed by atoms with Crippen molar-refractivity contribution in [3.8, 4) is 0 Å². The summed E-state index contributed by atoms with van der Waals surface area (Å²) in [6, 6.07) is 4.73. The minimum absolute atomic E-state index is 0. The van der Waals surface area contributed by atoms with Crippen LogP contribution in [-0.2, 0) is 0 Å². The Labute approximate surface area is 127 Å². The van der Waals surface area contributed by atoms with Crippen LogP contribution in [0.2, 0.25) is 0 Å². The fraction of sp³-hybridized carbons (Fsp3) is 0.462. The third-order valence-electron chi connectivity index (χ3n) is 3.45. The predicted octanol–water partition coefficient (Wildman–Crippen LogP) is 2.83. The zero-order valence-corrected chi connectivity index (χ0v) is 13.2. The number of nitrogens with zero attached hydrogens (tertiary/aromatic N) is 1. The molecular weight excluding hydrogens is 335 g/mol. The van der Waals surface area contributed by atoms with Crippen molar-refractivity contribution in [3.05, 3.63) is 34.1 Å². The van der Waals surface area contributed by atoms with E-state index in [1.807, 2.05) is 13.8 Å².